The van der Waals surface area contributed by atoms with Crippen LogP contribution in [-0.2, 0) is 27.3 Å². The maximum absolute atomic E-state index is 14.6. The molecule has 3 heterocycles. The van der Waals surface area contributed by atoms with Gasteiger partial charge < -0.3 is 20.9 Å². The molecule has 2 unspecified atom stereocenters. The van der Waals surface area contributed by atoms with Gasteiger partial charge in [0, 0.05) is 40.7 Å². The van der Waals surface area contributed by atoms with Crippen LogP contribution in [0.1, 0.15) is 67.6 Å². The number of hydrogen-bond donors (Lipinski definition) is 3. The van der Waals surface area contributed by atoms with Gasteiger partial charge in [0.2, 0.25) is 0 Å². The molecular formula is C26H30FN3O4. The van der Waals surface area contributed by atoms with Crippen molar-refractivity contribution in [2.75, 3.05) is 6.61 Å². The second-order valence-corrected chi connectivity index (χ2v) is 8.61. The van der Waals surface area contributed by atoms with Crippen molar-refractivity contribution >= 4 is 28.9 Å². The first-order valence-electron chi connectivity index (χ1n) is 11.7. The third-order valence-corrected chi connectivity index (χ3v) is 6.96. The molecule has 2 aromatic rings. The first-order chi connectivity index (χ1) is 16.3. The Bertz CT molecular complexity index is 1270. The van der Waals surface area contributed by atoms with Crippen LogP contribution in [0.15, 0.2) is 23.3 Å². The minimum Gasteiger partial charge on any atom is -0.458 e. The number of halogens is 1. The number of fused-ring (bicyclic) bond motifs is 2. The molecule has 7 nitrogen and oxygen atoms in total. The van der Waals surface area contributed by atoms with Gasteiger partial charge in [0.05, 0.1) is 16.9 Å². The molecule has 0 fully saturated rings. The van der Waals surface area contributed by atoms with E-state index in [0.717, 1.165) is 22.1 Å². The topological polar surface area (TPSA) is 115 Å². The monoisotopic (exact) mass is 467 g/mol. The normalized spacial score (nSPS) is 24.4. The molecule has 5 rings (SSSR count). The summed E-state index contributed by atoms with van der Waals surface area (Å²) in [5.74, 6) is -1.10. The molecule has 1 aliphatic carbocycles. The minimum atomic E-state index is -1.93. The van der Waals surface area contributed by atoms with Gasteiger partial charge in [-0.3, -0.25) is 4.79 Å². The summed E-state index contributed by atoms with van der Waals surface area (Å²) in [4.78, 5) is 28.7. The number of aldehydes is 1. The van der Waals surface area contributed by atoms with E-state index < -0.39 is 11.6 Å². The highest BCUT2D eigenvalue weighted by atomic mass is 19.1. The van der Waals surface area contributed by atoms with Gasteiger partial charge >= 0.3 is 5.97 Å². The van der Waals surface area contributed by atoms with E-state index in [1.807, 2.05) is 13.8 Å². The highest BCUT2D eigenvalue weighted by Crippen LogP contribution is 2.42. The number of nitrogens with two attached hydrogens (primary N) is 1. The lowest BCUT2D eigenvalue weighted by atomic mass is 9.82. The molecule has 0 bridgehead atoms. The van der Waals surface area contributed by atoms with Crippen LogP contribution < -0.4 is 11.1 Å². The Balaban J connectivity index is 0.00000133. The van der Waals surface area contributed by atoms with Gasteiger partial charge in [-0.15, -0.1) is 0 Å². The van der Waals surface area contributed by atoms with Crippen molar-refractivity contribution in [3.63, 3.8) is 0 Å². The van der Waals surface area contributed by atoms with Crippen molar-refractivity contribution in [3.8, 4) is 0 Å². The third kappa shape index (κ3) is 3.44. The van der Waals surface area contributed by atoms with Crippen LogP contribution >= 0.6 is 0 Å². The largest absolute Gasteiger partial charge is 0.458 e. The van der Waals surface area contributed by atoms with Crippen molar-refractivity contribution in [2.24, 2.45) is 5.73 Å². The van der Waals surface area contributed by atoms with E-state index in [2.05, 4.69) is 5.32 Å². The maximum atomic E-state index is 14.6. The summed E-state index contributed by atoms with van der Waals surface area (Å²) in [6.07, 6.45) is 3.64. The number of hydrogen-bond acceptors (Lipinski definition) is 7. The number of pyridine rings is 1. The van der Waals surface area contributed by atoms with E-state index in [-0.39, 0.29) is 36.0 Å². The summed E-state index contributed by atoms with van der Waals surface area (Å²) in [5.41, 5.74) is 10.1. The quantitative estimate of drug-likeness (QED) is 0.469. The van der Waals surface area contributed by atoms with E-state index >= 15 is 0 Å². The Kier molecular flexibility index (Phi) is 6.31. The Labute approximate surface area is 197 Å². The number of carbonyl (C=O) groups excluding carboxylic acids is 2. The van der Waals surface area contributed by atoms with Gasteiger partial charge in [-0.05, 0) is 49.0 Å². The van der Waals surface area contributed by atoms with Crippen LogP contribution in [0.3, 0.4) is 0 Å². The molecule has 3 aliphatic rings. The molecule has 0 saturated carbocycles. The SMILES string of the molecule is CC.CCC1(O)C(=O)OCC(C=O)=C1/C=C1\NCc2c1nc1cc(F)c(C)c3c1c2C(N)CC3. The molecule has 34 heavy (non-hydrogen) atoms. The minimum absolute atomic E-state index is 0.0459. The van der Waals surface area contributed by atoms with E-state index in [1.54, 1.807) is 19.9 Å². The number of aryl methyl sites for hydroxylation is 1. The van der Waals surface area contributed by atoms with Crippen molar-refractivity contribution < 1.29 is 23.8 Å². The standard InChI is InChI=1S/C24H24FN3O4.C2H6/c1-3-24(31)15(12(9-29)10-32-23(24)30)6-19-22-14(8-27-19)20-17(26)5-4-13-11(2)16(25)7-18(28-22)21(13)20;1-2/h6-7,9,17,27,31H,3-5,8,10,26H2,1-2H3;1-2H3/b19-6-;. The molecule has 0 amide bonds. The number of ether oxygens (including phenoxy) is 1. The highest BCUT2D eigenvalue weighted by Gasteiger charge is 2.44. The zero-order valence-electron chi connectivity index (χ0n) is 19.9. The van der Waals surface area contributed by atoms with E-state index in [4.69, 9.17) is 15.5 Å². The van der Waals surface area contributed by atoms with Crippen LogP contribution in [0.5, 0.6) is 0 Å². The zero-order valence-corrected chi connectivity index (χ0v) is 19.9. The van der Waals surface area contributed by atoms with Crippen molar-refractivity contribution in [3.05, 3.63) is 57.1 Å². The van der Waals surface area contributed by atoms with E-state index in [1.165, 1.54) is 6.07 Å². The highest BCUT2D eigenvalue weighted by molar-refractivity contribution is 5.95. The number of nitrogens with zero attached hydrogens (tertiary/aromatic N) is 1. The molecule has 2 aliphatic heterocycles. The molecule has 4 N–H and O–H groups in total. The smallest absolute Gasteiger partial charge is 0.343 e. The van der Waals surface area contributed by atoms with E-state index in [9.17, 15) is 19.1 Å². The van der Waals surface area contributed by atoms with E-state index in [0.29, 0.717) is 48.1 Å². The van der Waals surface area contributed by atoms with Crippen LogP contribution in [0.2, 0.25) is 0 Å². The molecule has 0 spiro atoms. The maximum Gasteiger partial charge on any atom is 0.343 e. The van der Waals surface area contributed by atoms with Crippen LogP contribution in [0.4, 0.5) is 4.39 Å². The summed E-state index contributed by atoms with van der Waals surface area (Å²) < 4.78 is 19.6. The Hall–Kier alpha value is -3.10. The Morgan fingerprint density at radius 1 is 1.38 bits per heavy atom. The van der Waals surface area contributed by atoms with Crippen LogP contribution in [-0.4, -0.2) is 34.6 Å². The number of nitrogens with one attached hydrogen (secondary N) is 1. The number of benzene rings is 1. The first kappa shape index (κ1) is 24.0. The molecule has 1 aromatic heterocycles. The number of rotatable bonds is 3. The van der Waals surface area contributed by atoms with Gasteiger partial charge in [0.1, 0.15) is 18.7 Å². The van der Waals surface area contributed by atoms with Gasteiger partial charge in [-0.25, -0.2) is 14.2 Å². The van der Waals surface area contributed by atoms with Crippen LogP contribution in [0.25, 0.3) is 16.6 Å². The molecule has 1 aromatic carbocycles. The van der Waals surface area contributed by atoms with Gasteiger partial charge in [-0.1, -0.05) is 20.8 Å². The lowest BCUT2D eigenvalue weighted by Gasteiger charge is -2.31. The third-order valence-electron chi connectivity index (χ3n) is 6.96. The van der Waals surface area contributed by atoms with Gasteiger partial charge in [0.15, 0.2) is 5.60 Å². The fraction of sp³-hybridized carbons (Fsp3) is 0.423. The van der Waals surface area contributed by atoms with Crippen molar-refractivity contribution in [1.82, 2.24) is 10.3 Å². The summed E-state index contributed by atoms with van der Waals surface area (Å²) in [5, 5.41) is 15.2. The summed E-state index contributed by atoms with van der Waals surface area (Å²) in [7, 11) is 0. The zero-order chi connectivity index (χ0) is 24.8. The lowest BCUT2D eigenvalue weighted by Crippen LogP contribution is -2.45. The Morgan fingerprint density at radius 3 is 2.79 bits per heavy atom. The fourth-order valence-corrected chi connectivity index (χ4v) is 5.10. The fourth-order valence-electron chi connectivity index (χ4n) is 5.10. The van der Waals surface area contributed by atoms with Crippen molar-refractivity contribution in [2.45, 2.75) is 65.1 Å². The molecule has 0 radical (unpaired) electrons. The van der Waals surface area contributed by atoms with Gasteiger partial charge in [-0.2, -0.15) is 0 Å². The second-order valence-electron chi connectivity index (χ2n) is 8.61. The number of aliphatic hydroxyl groups is 1. The average Bonchev–Trinajstić information content (AvgIpc) is 3.24. The molecule has 0 saturated heterocycles. The molecule has 180 valence electrons. The van der Waals surface area contributed by atoms with Gasteiger partial charge in [0.25, 0.3) is 0 Å². The molecule has 8 heteroatoms. The summed E-state index contributed by atoms with van der Waals surface area (Å²) in [6.45, 7) is 7.68. The predicted octanol–water partition coefficient (Wildman–Crippen LogP) is 3.29. The number of cyclic esters (lactones) is 1. The summed E-state index contributed by atoms with van der Waals surface area (Å²) in [6, 6.07) is 1.23. The molecular weight excluding hydrogens is 437 g/mol. The number of carbonyl (C=O) groups is 2. The second kappa shape index (κ2) is 8.92. The summed E-state index contributed by atoms with van der Waals surface area (Å²) >= 11 is 0. The number of esters is 1. The average molecular weight is 468 g/mol. The van der Waals surface area contributed by atoms with Crippen molar-refractivity contribution in [1.29, 1.82) is 0 Å². The van der Waals surface area contributed by atoms with Crippen LogP contribution in [0, 0.1) is 12.7 Å². The predicted molar refractivity (Wildman–Crippen MR) is 127 cm³/mol. The Morgan fingerprint density at radius 2 is 2.12 bits per heavy atom. The lowest BCUT2D eigenvalue weighted by molar-refractivity contribution is -0.162. The molecule has 2 atom stereocenters. The first-order valence-corrected chi connectivity index (χ1v) is 11.7. The number of aromatic nitrogens is 1.